The van der Waals surface area contributed by atoms with E-state index < -0.39 is 0 Å². The fourth-order valence-corrected chi connectivity index (χ4v) is 4.25. The summed E-state index contributed by atoms with van der Waals surface area (Å²) in [6, 6.07) is 6.09. The van der Waals surface area contributed by atoms with Gasteiger partial charge in [-0.2, -0.15) is 0 Å². The number of aliphatic hydroxyl groups is 1. The largest absolute Gasteiger partial charge is 0.395 e. The van der Waals surface area contributed by atoms with E-state index in [1.54, 1.807) is 0 Å². The van der Waals surface area contributed by atoms with Crippen molar-refractivity contribution in [3.8, 4) is 0 Å². The van der Waals surface area contributed by atoms with Gasteiger partial charge >= 0.3 is 0 Å². The molecule has 26 heavy (non-hydrogen) atoms. The molecule has 6 nitrogen and oxygen atoms in total. The predicted molar refractivity (Wildman–Crippen MR) is 105 cm³/mol. The summed E-state index contributed by atoms with van der Waals surface area (Å²) in [6.45, 7) is 6.20. The number of carbonyl (C=O) groups excluding carboxylic acids is 2. The Kier molecular flexibility index (Phi) is 7.53. The second-order valence-electron chi connectivity index (χ2n) is 6.68. The molecule has 0 aliphatic heterocycles. The van der Waals surface area contributed by atoms with E-state index in [4.69, 9.17) is 5.11 Å². The van der Waals surface area contributed by atoms with Crippen molar-refractivity contribution in [1.29, 1.82) is 0 Å². The minimum absolute atomic E-state index is 0.0824. The maximum atomic E-state index is 12.6. The molecule has 2 rings (SSSR count). The lowest BCUT2D eigenvalue weighted by Crippen LogP contribution is -2.41. The summed E-state index contributed by atoms with van der Waals surface area (Å²) in [4.78, 5) is 28.6. The van der Waals surface area contributed by atoms with E-state index in [0.717, 1.165) is 15.8 Å². The summed E-state index contributed by atoms with van der Waals surface area (Å²) < 4.78 is 0. The third kappa shape index (κ3) is 5.51. The number of H-pyrrole nitrogens is 1. The molecular weight excluding hydrogens is 350 g/mol. The van der Waals surface area contributed by atoms with Crippen LogP contribution in [-0.4, -0.2) is 46.9 Å². The highest BCUT2D eigenvalue weighted by Gasteiger charge is 2.23. The molecule has 1 aromatic heterocycles. The molecule has 0 unspecified atom stereocenters. The van der Waals surface area contributed by atoms with Crippen LogP contribution in [0.1, 0.15) is 25.8 Å². The second kappa shape index (κ2) is 9.64. The maximum Gasteiger partial charge on any atom is 0.239 e. The highest BCUT2D eigenvalue weighted by molar-refractivity contribution is 8.00. The maximum absolute atomic E-state index is 12.6. The van der Waals surface area contributed by atoms with Gasteiger partial charge < -0.3 is 20.7 Å². The van der Waals surface area contributed by atoms with E-state index in [1.165, 1.54) is 17.3 Å². The van der Waals surface area contributed by atoms with E-state index in [0.29, 0.717) is 12.3 Å². The van der Waals surface area contributed by atoms with Gasteiger partial charge in [0.2, 0.25) is 11.8 Å². The summed E-state index contributed by atoms with van der Waals surface area (Å²) in [5.74, 6) is -0.0952. The standard InChI is InChI=1S/C19H27N3O3S/c1-12(2)9-15(19(25)22-11-17(24)20-7-8-23)26-16-10-21-14-6-4-5-13(3)18(14)16/h4-6,10,12,15,21,23H,7-9,11H2,1-3H3,(H,20,24)(H,22,25)/t15-/m1/s1. The number of aromatic nitrogens is 1. The number of aliphatic hydroxyl groups excluding tert-OH is 1. The van der Waals surface area contributed by atoms with Crippen LogP contribution in [0.3, 0.4) is 0 Å². The third-order valence-corrected chi connectivity index (χ3v) is 5.25. The van der Waals surface area contributed by atoms with Crippen LogP contribution >= 0.6 is 11.8 Å². The summed E-state index contributed by atoms with van der Waals surface area (Å²) in [6.07, 6.45) is 2.66. The Hall–Kier alpha value is -1.99. The Morgan fingerprint density at radius 2 is 2.04 bits per heavy atom. The van der Waals surface area contributed by atoms with Gasteiger partial charge in [0.05, 0.1) is 18.4 Å². The molecule has 2 aromatic rings. The SMILES string of the molecule is Cc1cccc2[nH]cc(S[C@H](CC(C)C)C(=O)NCC(=O)NCCO)c12. The first kappa shape index (κ1) is 20.3. The molecule has 0 saturated heterocycles. The molecule has 2 amide bonds. The van der Waals surface area contributed by atoms with E-state index in [1.807, 2.05) is 18.3 Å². The average molecular weight is 378 g/mol. The lowest BCUT2D eigenvalue weighted by molar-refractivity contribution is -0.126. The number of thioether (sulfide) groups is 1. The van der Waals surface area contributed by atoms with Crippen LogP contribution < -0.4 is 10.6 Å². The number of aryl methyl sites for hydroxylation is 1. The van der Waals surface area contributed by atoms with Crippen molar-refractivity contribution >= 4 is 34.5 Å². The number of hydrogen-bond donors (Lipinski definition) is 4. The van der Waals surface area contributed by atoms with Crippen molar-refractivity contribution in [2.45, 2.75) is 37.3 Å². The number of hydrogen-bond acceptors (Lipinski definition) is 4. The monoisotopic (exact) mass is 377 g/mol. The van der Waals surface area contributed by atoms with Crippen LogP contribution in [0.5, 0.6) is 0 Å². The number of rotatable bonds is 9. The average Bonchev–Trinajstić information content (AvgIpc) is 3.01. The van der Waals surface area contributed by atoms with Crippen LogP contribution in [0.2, 0.25) is 0 Å². The molecule has 0 radical (unpaired) electrons. The Morgan fingerprint density at radius 3 is 2.73 bits per heavy atom. The molecule has 0 aliphatic carbocycles. The zero-order chi connectivity index (χ0) is 19.1. The van der Waals surface area contributed by atoms with Gasteiger partial charge in [-0.15, -0.1) is 11.8 Å². The molecule has 142 valence electrons. The molecule has 4 N–H and O–H groups in total. The van der Waals surface area contributed by atoms with E-state index in [-0.39, 0.29) is 36.8 Å². The number of aromatic amines is 1. The van der Waals surface area contributed by atoms with Crippen molar-refractivity contribution in [3.05, 3.63) is 30.0 Å². The fourth-order valence-electron chi connectivity index (χ4n) is 2.75. The molecular formula is C19H27N3O3S. The zero-order valence-electron chi connectivity index (χ0n) is 15.5. The normalized spacial score (nSPS) is 12.3. The van der Waals surface area contributed by atoms with Crippen molar-refractivity contribution in [2.24, 2.45) is 5.92 Å². The molecule has 0 saturated carbocycles. The molecule has 0 bridgehead atoms. The van der Waals surface area contributed by atoms with Gasteiger partial charge in [0.15, 0.2) is 0 Å². The van der Waals surface area contributed by atoms with E-state index in [9.17, 15) is 9.59 Å². The fraction of sp³-hybridized carbons (Fsp3) is 0.474. The Balaban J connectivity index is 2.09. The van der Waals surface area contributed by atoms with Gasteiger partial charge in [0.25, 0.3) is 0 Å². The molecule has 0 aliphatic rings. The quantitative estimate of drug-likeness (QED) is 0.504. The highest BCUT2D eigenvalue weighted by Crippen LogP contribution is 2.35. The lowest BCUT2D eigenvalue weighted by Gasteiger charge is -2.18. The van der Waals surface area contributed by atoms with Crippen LogP contribution in [0, 0.1) is 12.8 Å². The van der Waals surface area contributed by atoms with Crippen molar-refractivity contribution in [1.82, 2.24) is 15.6 Å². The van der Waals surface area contributed by atoms with Gasteiger partial charge in [0.1, 0.15) is 0 Å². The Labute approximate surface area is 158 Å². The first-order valence-electron chi connectivity index (χ1n) is 8.81. The first-order chi connectivity index (χ1) is 12.4. The molecule has 1 atom stereocenters. The number of benzene rings is 1. The molecule has 1 heterocycles. The van der Waals surface area contributed by atoms with Crippen LogP contribution in [0.25, 0.3) is 10.9 Å². The van der Waals surface area contributed by atoms with Crippen molar-refractivity contribution < 1.29 is 14.7 Å². The molecule has 0 spiro atoms. The minimum Gasteiger partial charge on any atom is -0.395 e. The second-order valence-corrected chi connectivity index (χ2v) is 7.92. The summed E-state index contributed by atoms with van der Waals surface area (Å²) in [5.41, 5.74) is 2.22. The Bertz CT molecular complexity index is 758. The van der Waals surface area contributed by atoms with E-state index in [2.05, 4.69) is 42.5 Å². The molecule has 1 aromatic carbocycles. The highest BCUT2D eigenvalue weighted by atomic mass is 32.2. The molecule has 0 fully saturated rings. The van der Waals surface area contributed by atoms with E-state index >= 15 is 0 Å². The zero-order valence-corrected chi connectivity index (χ0v) is 16.3. The number of carbonyl (C=O) groups is 2. The first-order valence-corrected chi connectivity index (χ1v) is 9.69. The molecule has 7 heteroatoms. The number of nitrogens with one attached hydrogen (secondary N) is 3. The summed E-state index contributed by atoms with van der Waals surface area (Å²) in [5, 5.41) is 14.8. The van der Waals surface area contributed by atoms with Crippen LogP contribution in [0.15, 0.2) is 29.3 Å². The summed E-state index contributed by atoms with van der Waals surface area (Å²) >= 11 is 1.53. The summed E-state index contributed by atoms with van der Waals surface area (Å²) in [7, 11) is 0. The number of amides is 2. The van der Waals surface area contributed by atoms with Crippen LogP contribution in [-0.2, 0) is 9.59 Å². The smallest absolute Gasteiger partial charge is 0.239 e. The lowest BCUT2D eigenvalue weighted by atomic mass is 10.1. The van der Waals surface area contributed by atoms with Gasteiger partial charge in [0, 0.05) is 28.5 Å². The minimum atomic E-state index is -0.302. The van der Waals surface area contributed by atoms with Crippen LogP contribution in [0.4, 0.5) is 0 Å². The van der Waals surface area contributed by atoms with Gasteiger partial charge in [-0.05, 0) is 30.9 Å². The van der Waals surface area contributed by atoms with Gasteiger partial charge in [-0.3, -0.25) is 9.59 Å². The van der Waals surface area contributed by atoms with Crippen molar-refractivity contribution in [3.63, 3.8) is 0 Å². The topological polar surface area (TPSA) is 94.2 Å². The van der Waals surface area contributed by atoms with Gasteiger partial charge in [-0.1, -0.05) is 26.0 Å². The number of fused-ring (bicyclic) bond motifs is 1. The predicted octanol–water partition coefficient (Wildman–Crippen LogP) is 2.21. The third-order valence-electron chi connectivity index (χ3n) is 3.98. The Morgan fingerprint density at radius 1 is 1.27 bits per heavy atom. The van der Waals surface area contributed by atoms with Crippen molar-refractivity contribution in [2.75, 3.05) is 19.7 Å². The van der Waals surface area contributed by atoms with Gasteiger partial charge in [-0.25, -0.2) is 0 Å².